The van der Waals surface area contributed by atoms with Gasteiger partial charge < -0.3 is 9.84 Å². The Morgan fingerprint density at radius 3 is 1.96 bits per heavy atom. The van der Waals surface area contributed by atoms with Crippen molar-refractivity contribution in [2.24, 2.45) is 17.8 Å². The number of anilines is 2. The average Bonchev–Trinajstić information content (AvgIpc) is 3.44. The molecule has 2 heterocycles. The van der Waals surface area contributed by atoms with Crippen molar-refractivity contribution in [2.75, 3.05) is 16.9 Å². The summed E-state index contributed by atoms with van der Waals surface area (Å²) < 4.78 is 102. The topological polar surface area (TPSA) is 104 Å². The van der Waals surface area contributed by atoms with Crippen molar-refractivity contribution in [3.63, 3.8) is 0 Å². The number of hydrogen-bond donors (Lipinski definition) is 1. The molecule has 3 fully saturated rings. The van der Waals surface area contributed by atoms with Crippen molar-refractivity contribution in [1.82, 2.24) is 0 Å². The summed E-state index contributed by atoms with van der Waals surface area (Å²) in [4.78, 5) is 53.4. The maximum Gasteiger partial charge on any atom is 0.416 e. The van der Waals surface area contributed by atoms with Crippen molar-refractivity contribution in [3.05, 3.63) is 91.6 Å². The zero-order chi connectivity index (χ0) is 39.6. The zero-order valence-corrected chi connectivity index (χ0v) is 31.6. The number of rotatable bonds is 4. The molecule has 1 saturated carbocycles. The van der Waals surface area contributed by atoms with Crippen molar-refractivity contribution in [1.29, 1.82) is 0 Å². The predicted octanol–water partition coefficient (Wildman–Crippen LogP) is 8.87. The molecule has 8 nitrogen and oxygen atoms in total. The number of amides is 4. The van der Waals surface area contributed by atoms with Gasteiger partial charge in [-0.25, -0.2) is 14.2 Å². The Hall–Kier alpha value is -3.67. The molecular weight excluding hydrogens is 908 g/mol. The Labute approximate surface area is 327 Å². The summed E-state index contributed by atoms with van der Waals surface area (Å²) in [6, 6.07) is 5.95. The summed E-state index contributed by atoms with van der Waals surface area (Å²) in [5, 5.41) is 10.7. The lowest BCUT2D eigenvalue weighted by Crippen LogP contribution is -2.60. The minimum absolute atomic E-state index is 0.0178. The Balaban J connectivity index is 1.42. The highest BCUT2D eigenvalue weighted by Gasteiger charge is 2.77. The molecule has 4 aliphatic rings. The van der Waals surface area contributed by atoms with Gasteiger partial charge in [0.2, 0.25) is 11.8 Å². The molecule has 2 aliphatic heterocycles. The number of aromatic hydroxyl groups is 1. The third-order valence-corrected chi connectivity index (χ3v) is 14.0. The first kappa shape index (κ1) is 38.6. The largest absolute Gasteiger partial charge is 0.503 e. The van der Waals surface area contributed by atoms with Gasteiger partial charge >= 0.3 is 12.4 Å². The Morgan fingerprint density at radius 2 is 1.41 bits per heavy atom. The molecule has 6 atom stereocenters. The minimum atomic E-state index is -5.28. The van der Waals surface area contributed by atoms with Gasteiger partial charge in [-0.2, -0.15) is 26.3 Å². The van der Waals surface area contributed by atoms with Crippen LogP contribution in [0.1, 0.15) is 35.4 Å². The zero-order valence-electron chi connectivity index (χ0n) is 27.0. The number of methoxy groups -OCH3 is 1. The highest BCUT2D eigenvalue weighted by molar-refractivity contribution is 9.13. The number of carbonyl (C=O) groups is 4. The smallest absolute Gasteiger partial charge is 0.416 e. The molecular formula is C35H21Br2Cl2F7N2O6. The minimum Gasteiger partial charge on any atom is -0.503 e. The average molecular weight is 929 g/mol. The number of phenolic OH excluding ortho intramolecular Hbond substituents is 1. The van der Waals surface area contributed by atoms with Gasteiger partial charge in [0.15, 0.2) is 21.2 Å². The number of fused-ring (bicyclic) bond motifs is 4. The fourth-order valence-corrected chi connectivity index (χ4v) is 9.93. The maximum atomic E-state index is 14.6. The molecule has 0 radical (unpaired) electrons. The molecule has 3 aromatic carbocycles. The van der Waals surface area contributed by atoms with Crippen LogP contribution in [-0.4, -0.2) is 45.6 Å². The molecule has 284 valence electrons. The van der Waals surface area contributed by atoms with Crippen LogP contribution < -0.4 is 14.5 Å². The molecule has 0 bridgehead atoms. The quantitative estimate of drug-likeness (QED) is 0.121. The normalized spacial score (nSPS) is 28.3. The molecule has 2 saturated heterocycles. The number of carbonyl (C=O) groups excluding carboxylic acids is 4. The summed E-state index contributed by atoms with van der Waals surface area (Å²) in [7, 11) is 1.23. The molecule has 19 heteroatoms. The molecule has 2 aliphatic carbocycles. The molecule has 1 N–H and O–H groups in total. The summed E-state index contributed by atoms with van der Waals surface area (Å²) in [5.74, 6) is -11.1. The van der Waals surface area contributed by atoms with E-state index in [-0.39, 0.29) is 66.8 Å². The van der Waals surface area contributed by atoms with E-state index in [1.165, 1.54) is 19.3 Å². The van der Waals surface area contributed by atoms with E-state index in [4.69, 9.17) is 27.9 Å². The molecule has 4 amide bonds. The number of benzene rings is 3. The lowest BCUT2D eigenvalue weighted by molar-refractivity contribution is -0.143. The van der Waals surface area contributed by atoms with Crippen LogP contribution in [0.5, 0.6) is 11.5 Å². The van der Waals surface area contributed by atoms with Crippen LogP contribution >= 0.6 is 55.1 Å². The van der Waals surface area contributed by atoms with Crippen LogP contribution in [0.4, 0.5) is 42.1 Å². The highest BCUT2D eigenvalue weighted by atomic mass is 79.9. The van der Waals surface area contributed by atoms with Gasteiger partial charge in [0, 0.05) is 10.4 Å². The number of ether oxygens (including phenoxy) is 1. The molecule has 54 heavy (non-hydrogen) atoms. The van der Waals surface area contributed by atoms with Crippen molar-refractivity contribution < 1.29 is 59.8 Å². The van der Waals surface area contributed by atoms with E-state index >= 15 is 0 Å². The second-order valence-electron chi connectivity index (χ2n) is 13.2. The van der Waals surface area contributed by atoms with Crippen LogP contribution in [0.2, 0.25) is 0 Å². The fraction of sp³-hybridized carbons (Fsp3) is 0.314. The van der Waals surface area contributed by atoms with E-state index in [2.05, 4.69) is 31.9 Å². The number of alkyl halides is 8. The van der Waals surface area contributed by atoms with Gasteiger partial charge in [-0.15, -0.1) is 23.2 Å². The molecule has 7 rings (SSSR count). The van der Waals surface area contributed by atoms with Gasteiger partial charge in [0.05, 0.1) is 45.9 Å². The monoisotopic (exact) mass is 926 g/mol. The van der Waals surface area contributed by atoms with Crippen LogP contribution in [-0.2, 0) is 31.5 Å². The summed E-state index contributed by atoms with van der Waals surface area (Å²) in [6.07, 6.45) is -9.96. The number of allylic oxidation sites excluding steroid dienone is 2. The van der Waals surface area contributed by atoms with Crippen molar-refractivity contribution in [3.8, 4) is 11.5 Å². The lowest BCUT2D eigenvalue weighted by Gasteiger charge is -2.51. The first-order chi connectivity index (χ1) is 25.1. The summed E-state index contributed by atoms with van der Waals surface area (Å²) >= 11 is 21.3. The maximum absolute atomic E-state index is 14.6. The van der Waals surface area contributed by atoms with Gasteiger partial charge in [-0.05, 0) is 105 Å². The van der Waals surface area contributed by atoms with Gasteiger partial charge in [0.25, 0.3) is 11.8 Å². The second kappa shape index (κ2) is 12.7. The first-order valence-corrected chi connectivity index (χ1v) is 18.1. The summed E-state index contributed by atoms with van der Waals surface area (Å²) in [5.41, 5.74) is -4.27. The number of phenols is 1. The van der Waals surface area contributed by atoms with Crippen LogP contribution in [0.15, 0.2) is 69.1 Å². The third kappa shape index (κ3) is 5.42. The van der Waals surface area contributed by atoms with Gasteiger partial charge in [-0.3, -0.25) is 19.2 Å². The summed E-state index contributed by atoms with van der Waals surface area (Å²) in [6.45, 7) is 0. The SMILES string of the molecule is COc1cc(C2C3=CCC4C(=O)N(c5cc(C(F)(F)F)cc(C(F)(F)F)c5)C(=O)C4C3CC3(Cl)C(=O)N(c4ccc(F)cc4)C(=O)C23Cl)c(Br)c(Br)c1O. The van der Waals surface area contributed by atoms with E-state index < -0.39 is 98.5 Å². The molecule has 0 aromatic heterocycles. The van der Waals surface area contributed by atoms with Crippen molar-refractivity contribution in [2.45, 2.75) is 40.9 Å². The van der Waals surface area contributed by atoms with Crippen LogP contribution in [0.25, 0.3) is 0 Å². The Morgan fingerprint density at radius 1 is 0.815 bits per heavy atom. The van der Waals surface area contributed by atoms with Crippen LogP contribution in [0.3, 0.4) is 0 Å². The lowest BCUT2D eigenvalue weighted by atomic mass is 9.56. The van der Waals surface area contributed by atoms with Crippen LogP contribution in [0, 0.1) is 23.6 Å². The molecule has 0 spiro atoms. The Kier molecular flexibility index (Phi) is 9.06. The molecule has 3 aromatic rings. The van der Waals surface area contributed by atoms with E-state index in [0.717, 1.165) is 24.3 Å². The number of imide groups is 2. The molecule has 6 unspecified atom stereocenters. The third-order valence-electron chi connectivity index (χ3n) is 10.4. The Bertz CT molecular complexity index is 2190. The fourth-order valence-electron chi connectivity index (χ4n) is 8.04. The van der Waals surface area contributed by atoms with Gasteiger partial charge in [-0.1, -0.05) is 11.6 Å². The second-order valence-corrected chi connectivity index (χ2v) is 16.0. The standard InChI is InChI=1S/C35H21Br2Cl2F7N2O6/c1-54-22-11-20(25(36)26(37)27(22)49)24-18-6-7-19-23(29(51)47(28(19)50)17-9-13(34(41,42)43)8-14(10-17)35(44,45)46)21(18)12-32(38)30(52)48(31(53)33(24,32)39)16-4-2-15(40)3-5-16/h2-6,8-11,19,21,23-24,49H,7,12H2,1H3. The van der Waals surface area contributed by atoms with E-state index in [0.29, 0.717) is 4.90 Å². The van der Waals surface area contributed by atoms with Gasteiger partial charge in [0.1, 0.15) is 5.82 Å². The number of hydrogen-bond acceptors (Lipinski definition) is 6. The van der Waals surface area contributed by atoms with E-state index in [9.17, 15) is 55.0 Å². The first-order valence-electron chi connectivity index (χ1n) is 15.7. The number of halogens is 11. The van der Waals surface area contributed by atoms with E-state index in [1.54, 1.807) is 0 Å². The predicted molar refractivity (Wildman–Crippen MR) is 186 cm³/mol. The van der Waals surface area contributed by atoms with E-state index in [1.807, 2.05) is 0 Å². The number of nitrogens with zero attached hydrogens (tertiary/aromatic N) is 2. The highest BCUT2D eigenvalue weighted by Crippen LogP contribution is 2.67. The van der Waals surface area contributed by atoms with Crippen molar-refractivity contribution >= 4 is 90.1 Å².